The summed E-state index contributed by atoms with van der Waals surface area (Å²) in [7, 11) is -0.446. The first-order valence-corrected chi connectivity index (χ1v) is 31.0. The molecular weight excluding hydrogens is 1280 g/mol. The predicted molar refractivity (Wildman–Crippen MR) is 341 cm³/mol. The molecule has 7 rings (SSSR count). The second-order valence-corrected chi connectivity index (χ2v) is 20.8. The smallest absolute Gasteiger partial charge is 0.0134 e. The molecule has 0 aliphatic carbocycles. The van der Waals surface area contributed by atoms with Crippen LogP contribution in [-0.4, -0.2) is 22.6 Å². The third-order valence-corrected chi connectivity index (χ3v) is 12.7. The molecule has 76 heavy (non-hydrogen) atoms. The molecule has 0 fully saturated rings. The van der Waals surface area contributed by atoms with Crippen molar-refractivity contribution in [2.45, 2.75) is 78.0 Å². The molecule has 2 N–H and O–H groups in total. The zero-order valence-electron chi connectivity index (χ0n) is 44.4. The number of thioether (sulfide) groups is 2. The summed E-state index contributed by atoms with van der Waals surface area (Å²) in [4.78, 5) is 33.7. The van der Waals surface area contributed by atoms with Gasteiger partial charge in [-0.1, -0.05) is 192 Å². The van der Waals surface area contributed by atoms with Crippen molar-refractivity contribution in [1.29, 1.82) is 0 Å². The van der Waals surface area contributed by atoms with Gasteiger partial charge in [0.1, 0.15) is 11.6 Å². The molecule has 0 heterocycles. The Bertz CT molecular complexity index is 2640. The SMILES string of the molecule is C#Cc1ccc(F)cc1.C=CC(=O)C=CC.CC(=O)Sc1ccc(C#Cc2ccc(F)cc2)cc1.CC(=O)Sc1ccc(I)cc1.CCC.CCC.CCN.[Cu][I].c1ccc(P(c2ccccc2)c2ccccc2)cc1. The molecule has 404 valence electrons. The minimum atomic E-state index is -0.446. The molecule has 0 atom stereocenters. The van der Waals surface area contributed by atoms with Gasteiger partial charge in [-0.3, -0.25) is 14.4 Å². The molecule has 7 aromatic rings. The number of allylic oxidation sites excluding steroid dienone is 3. The Hall–Kier alpha value is -4.92. The van der Waals surface area contributed by atoms with Gasteiger partial charge in [-0.15, -0.1) is 6.42 Å². The minimum Gasteiger partial charge on any atom is -0.0622 e. The fraction of sp³-hybridized carbons (Fsp3) is 0.172. The molecule has 0 saturated heterocycles. The topological polar surface area (TPSA) is 77.2 Å². The molecular formula is C64H69CuF2I2NO3PS2. The molecule has 12 heteroatoms. The molecule has 0 amide bonds. The molecule has 4 nitrogen and oxygen atoms in total. The van der Waals surface area contributed by atoms with E-state index >= 15 is 0 Å². The quantitative estimate of drug-likeness (QED) is 0.0428. The third kappa shape index (κ3) is 38.6. The number of hydrogen-bond acceptors (Lipinski definition) is 6. The van der Waals surface area contributed by atoms with Crippen molar-refractivity contribution in [2.75, 3.05) is 6.54 Å². The fourth-order valence-corrected chi connectivity index (χ4v) is 8.95. The molecule has 0 aliphatic rings. The van der Waals surface area contributed by atoms with Crippen LogP contribution in [-0.2, 0) is 27.1 Å². The first-order chi connectivity index (χ1) is 36.6. The predicted octanol–water partition coefficient (Wildman–Crippen LogP) is 17.0. The van der Waals surface area contributed by atoms with Crippen LogP contribution in [0.4, 0.5) is 8.78 Å². The van der Waals surface area contributed by atoms with E-state index in [0.717, 1.165) is 27.5 Å². The van der Waals surface area contributed by atoms with Gasteiger partial charge in [-0.05, 0) is 169 Å². The van der Waals surface area contributed by atoms with Crippen molar-refractivity contribution in [2.24, 2.45) is 5.73 Å². The number of rotatable bonds is 7. The molecule has 0 aliphatic heterocycles. The number of nitrogens with two attached hydrogens (primary N) is 1. The Morgan fingerprint density at radius 1 is 0.579 bits per heavy atom. The Labute approximate surface area is 496 Å². The van der Waals surface area contributed by atoms with Crippen LogP contribution in [0.25, 0.3) is 0 Å². The van der Waals surface area contributed by atoms with Crippen LogP contribution in [0.1, 0.15) is 84.9 Å². The monoisotopic (exact) mass is 1350 g/mol. The van der Waals surface area contributed by atoms with E-state index in [1.54, 1.807) is 64.5 Å². The van der Waals surface area contributed by atoms with E-state index in [2.05, 4.69) is 178 Å². The summed E-state index contributed by atoms with van der Waals surface area (Å²) in [5.74, 6) is 7.78. The number of carbonyl (C=O) groups is 3. The normalized spacial score (nSPS) is 9.09. The molecule has 0 aromatic heterocycles. The zero-order chi connectivity index (χ0) is 57.4. The maximum Gasteiger partial charge on any atom is -0.0134 e. The maximum atomic E-state index is 12.7. The second-order valence-electron chi connectivity index (χ2n) is 14.8. The van der Waals surface area contributed by atoms with Crippen LogP contribution >= 0.6 is 74.4 Å². The number of ketones is 1. The third-order valence-electron chi connectivity index (χ3n) is 7.97. The molecule has 0 spiro atoms. The number of hydrogen-bond donors (Lipinski definition) is 1. The minimum absolute atomic E-state index is 0.0394. The van der Waals surface area contributed by atoms with Crippen LogP contribution in [0.3, 0.4) is 0 Å². The van der Waals surface area contributed by atoms with Crippen molar-refractivity contribution in [3.8, 4) is 24.2 Å². The van der Waals surface area contributed by atoms with Crippen LogP contribution in [0.2, 0.25) is 0 Å². The summed E-state index contributed by atoms with van der Waals surface area (Å²) < 4.78 is 26.1. The number of halogens is 4. The number of terminal acetylenes is 1. The van der Waals surface area contributed by atoms with E-state index in [9.17, 15) is 23.2 Å². The van der Waals surface area contributed by atoms with E-state index in [0.29, 0.717) is 5.56 Å². The van der Waals surface area contributed by atoms with Gasteiger partial charge in [0, 0.05) is 43.9 Å². The van der Waals surface area contributed by atoms with E-state index < -0.39 is 7.92 Å². The van der Waals surface area contributed by atoms with Gasteiger partial charge in [-0.25, -0.2) is 8.78 Å². The number of benzene rings is 7. The summed E-state index contributed by atoms with van der Waals surface area (Å²) in [6.45, 7) is 19.3. The van der Waals surface area contributed by atoms with Gasteiger partial charge in [0.15, 0.2) is 16.0 Å². The van der Waals surface area contributed by atoms with Crippen molar-refractivity contribution < 1.29 is 35.9 Å². The summed E-state index contributed by atoms with van der Waals surface area (Å²) in [6, 6.07) is 59.5. The van der Waals surface area contributed by atoms with Gasteiger partial charge in [-0.2, -0.15) is 0 Å². The average molecular weight is 1350 g/mol. The van der Waals surface area contributed by atoms with Crippen LogP contribution in [0.5, 0.6) is 0 Å². The summed E-state index contributed by atoms with van der Waals surface area (Å²) in [5.41, 5.74) is 7.18. The zero-order valence-corrected chi connectivity index (χ0v) is 52.2. The molecule has 0 bridgehead atoms. The van der Waals surface area contributed by atoms with Gasteiger partial charge < -0.3 is 5.73 Å². The van der Waals surface area contributed by atoms with Gasteiger partial charge in [0.25, 0.3) is 0 Å². The standard InChI is InChI=1S/C18H15P.C16H11FOS.C8H5F.C8H7IOS.C6H8O.2C3H8.C2H7N.Cu.HI/c1-4-10-16(11-5-1)19(17-12-6-2-7-13-17)18-14-8-3-9-15-18;1-12(18)19-16-10-6-14(7-11-16)3-2-13-4-8-15(17)9-5-13;1-2-7-3-5-8(9)6-4-7;1-6(10)11-8-4-2-7(9)3-5-8;1-3-5-6(7)4-2;2*1-3-2;1-2-3;;/h1-15H;4-11H,1H3;1,3-6H;2-5H,1H3;3-5H,2H2,1H3;2*3H2,1-2H3;2-3H2,1H3;;1H/q;;;;;;;;+1;/p-1. The Morgan fingerprint density at radius 3 is 1.13 bits per heavy atom. The Morgan fingerprint density at radius 2 is 0.868 bits per heavy atom. The first-order valence-electron chi connectivity index (χ1n) is 23.9. The van der Waals surface area contributed by atoms with Crippen LogP contribution in [0.15, 0.2) is 223 Å². The van der Waals surface area contributed by atoms with Gasteiger partial charge in [0.05, 0.1) is 0 Å². The van der Waals surface area contributed by atoms with Gasteiger partial charge >= 0.3 is 33.1 Å². The average Bonchev–Trinajstić information content (AvgIpc) is 3.43. The van der Waals surface area contributed by atoms with Crippen LogP contribution < -0.4 is 21.6 Å². The van der Waals surface area contributed by atoms with E-state index in [-0.39, 0.29) is 27.6 Å². The van der Waals surface area contributed by atoms with E-state index in [1.807, 2.05) is 55.5 Å². The molecule has 0 unspecified atom stereocenters. The van der Waals surface area contributed by atoms with Crippen molar-refractivity contribution in [3.05, 3.63) is 245 Å². The van der Waals surface area contributed by atoms with Crippen molar-refractivity contribution in [3.63, 3.8) is 0 Å². The van der Waals surface area contributed by atoms with Crippen LogP contribution in [0, 0.1) is 39.4 Å². The van der Waals surface area contributed by atoms with Crippen molar-refractivity contribution >= 4 is 106 Å². The van der Waals surface area contributed by atoms with E-state index in [1.165, 1.54) is 99.2 Å². The van der Waals surface area contributed by atoms with Gasteiger partial charge in [0.2, 0.25) is 0 Å². The maximum absolute atomic E-state index is 12.7. The first kappa shape index (κ1) is 73.2. The Balaban J connectivity index is 0. The van der Waals surface area contributed by atoms with Crippen molar-refractivity contribution in [1.82, 2.24) is 0 Å². The van der Waals surface area contributed by atoms with E-state index in [4.69, 9.17) is 12.2 Å². The summed E-state index contributed by atoms with van der Waals surface area (Å²) in [5, 5.41) is 4.39. The Kier molecular flexibility index (Phi) is 47.8. The molecule has 7 aromatic carbocycles. The summed E-state index contributed by atoms with van der Waals surface area (Å²) in [6.07, 6.45) is 12.0. The second kappa shape index (κ2) is 49.6. The summed E-state index contributed by atoms with van der Waals surface area (Å²) >= 11 is 10.6. The largest absolute Gasteiger partial charge is 0.0622 e. The number of carbonyl (C=O) groups excluding carboxylic acids is 3. The molecule has 0 saturated carbocycles. The molecule has 0 radical (unpaired) electrons. The fourth-order valence-electron chi connectivity index (χ4n) is 5.08.